The van der Waals surface area contributed by atoms with Crippen molar-refractivity contribution < 1.29 is 0 Å². The molecule has 4 saturated carbocycles. The molecule has 2 nitrogen and oxygen atoms in total. The summed E-state index contributed by atoms with van der Waals surface area (Å²) in [5, 5.41) is 13.0. The number of nitriles is 1. The van der Waals surface area contributed by atoms with Crippen LogP contribution in [0.1, 0.15) is 55.2 Å². The van der Waals surface area contributed by atoms with E-state index in [0.29, 0.717) is 5.56 Å². The molecule has 1 N–H and O–H groups in total. The second kappa shape index (κ2) is 6.72. The molecule has 4 fully saturated rings. The molecular formula is C30H28N2. The predicted molar refractivity (Wildman–Crippen MR) is 129 cm³/mol. The molecule has 0 radical (unpaired) electrons. The maximum absolute atomic E-state index is 9.34. The number of hydrogen-bond acceptors (Lipinski definition) is 2. The average Bonchev–Trinajstić information content (AvgIpc) is 2.97. The maximum atomic E-state index is 9.34. The molecule has 5 unspecified atom stereocenters. The quantitative estimate of drug-likeness (QED) is 0.472. The van der Waals surface area contributed by atoms with E-state index in [9.17, 15) is 5.26 Å². The summed E-state index contributed by atoms with van der Waals surface area (Å²) in [6.07, 6.45) is 8.51. The van der Waals surface area contributed by atoms with Gasteiger partial charge in [-0.3, -0.25) is 0 Å². The van der Waals surface area contributed by atoms with Gasteiger partial charge in [0.15, 0.2) is 0 Å². The van der Waals surface area contributed by atoms with E-state index in [1.165, 1.54) is 55.3 Å². The number of nitrogens with one attached hydrogen (secondary N) is 1. The van der Waals surface area contributed by atoms with Crippen LogP contribution < -0.4 is 5.32 Å². The van der Waals surface area contributed by atoms with Gasteiger partial charge in [-0.2, -0.15) is 5.26 Å². The highest BCUT2D eigenvalue weighted by Crippen LogP contribution is 2.68. The number of fused-ring (bicyclic) bond motifs is 4. The molecule has 5 aliphatic rings. The normalized spacial score (nSPS) is 31.1. The van der Waals surface area contributed by atoms with Crippen LogP contribution >= 0.6 is 0 Å². The van der Waals surface area contributed by atoms with Gasteiger partial charge in [0.25, 0.3) is 0 Å². The molecule has 4 bridgehead atoms. The van der Waals surface area contributed by atoms with Gasteiger partial charge in [0.05, 0.1) is 11.6 Å². The highest BCUT2D eigenvalue weighted by atomic mass is 14.9. The summed E-state index contributed by atoms with van der Waals surface area (Å²) in [5.41, 5.74) is 9.02. The Morgan fingerprint density at radius 1 is 0.781 bits per heavy atom. The molecule has 3 aromatic carbocycles. The summed E-state index contributed by atoms with van der Waals surface area (Å²) < 4.78 is 0. The van der Waals surface area contributed by atoms with Gasteiger partial charge in [0, 0.05) is 22.4 Å². The number of hydrogen-bond donors (Lipinski definition) is 1. The molecule has 0 heterocycles. The molecule has 2 heteroatoms. The SMILES string of the molecule is N#Cc1cccc(Nc2cccc3c2-c2ccccc2C32C3CCC4CC(C3)CC2C4)c1. The lowest BCUT2D eigenvalue weighted by Gasteiger charge is -2.53. The van der Waals surface area contributed by atoms with Gasteiger partial charge in [-0.05, 0) is 96.7 Å². The lowest BCUT2D eigenvalue weighted by atomic mass is 9.51. The standard InChI is InChI=1S/C30H28N2/c31-18-20-5-3-6-24(17-20)32-28-10-4-9-27-29(28)25-7-1-2-8-26(25)30(27)22-12-11-19-13-21(15-22)16-23(30)14-19/h1-10,17,19,21-23,32H,11-16H2. The molecule has 3 aromatic rings. The van der Waals surface area contributed by atoms with Crippen LogP contribution in [0, 0.1) is 35.0 Å². The van der Waals surface area contributed by atoms with Gasteiger partial charge >= 0.3 is 0 Å². The van der Waals surface area contributed by atoms with Crippen LogP contribution in [0.3, 0.4) is 0 Å². The van der Waals surface area contributed by atoms with Crippen molar-refractivity contribution in [2.45, 2.75) is 43.9 Å². The van der Waals surface area contributed by atoms with E-state index in [1.807, 2.05) is 18.2 Å². The summed E-state index contributed by atoms with van der Waals surface area (Å²) >= 11 is 0. The van der Waals surface area contributed by atoms with Crippen molar-refractivity contribution in [2.24, 2.45) is 23.7 Å². The van der Waals surface area contributed by atoms with E-state index < -0.39 is 0 Å². The van der Waals surface area contributed by atoms with Crippen LogP contribution in [-0.2, 0) is 5.41 Å². The summed E-state index contributed by atoms with van der Waals surface area (Å²) in [7, 11) is 0. The van der Waals surface area contributed by atoms with Crippen LogP contribution in [0.2, 0.25) is 0 Å². The third kappa shape index (κ3) is 2.40. The Hall–Kier alpha value is -3.05. The fourth-order valence-corrected chi connectivity index (χ4v) is 8.27. The van der Waals surface area contributed by atoms with E-state index >= 15 is 0 Å². The summed E-state index contributed by atoms with van der Waals surface area (Å²) in [4.78, 5) is 0. The van der Waals surface area contributed by atoms with Crippen molar-refractivity contribution in [2.75, 3.05) is 5.32 Å². The molecule has 5 aliphatic carbocycles. The molecule has 0 saturated heterocycles. The summed E-state index contributed by atoms with van der Waals surface area (Å²) in [6, 6.07) is 26.3. The lowest BCUT2D eigenvalue weighted by Crippen LogP contribution is -2.48. The van der Waals surface area contributed by atoms with Crippen molar-refractivity contribution in [1.29, 1.82) is 5.26 Å². The third-order valence-electron chi connectivity index (χ3n) is 9.15. The predicted octanol–water partition coefficient (Wildman–Crippen LogP) is 7.41. The largest absolute Gasteiger partial charge is 0.355 e. The molecular weight excluding hydrogens is 388 g/mol. The molecule has 32 heavy (non-hydrogen) atoms. The van der Waals surface area contributed by atoms with Gasteiger partial charge < -0.3 is 5.32 Å². The number of rotatable bonds is 2. The minimum Gasteiger partial charge on any atom is -0.355 e. The zero-order valence-corrected chi connectivity index (χ0v) is 18.4. The Balaban J connectivity index is 1.44. The number of benzene rings is 3. The zero-order valence-electron chi connectivity index (χ0n) is 18.4. The molecule has 0 aromatic heterocycles. The van der Waals surface area contributed by atoms with Crippen molar-refractivity contribution in [1.82, 2.24) is 0 Å². The topological polar surface area (TPSA) is 35.8 Å². The number of nitrogens with zero attached hydrogens (tertiary/aromatic N) is 1. The van der Waals surface area contributed by atoms with Crippen LogP contribution in [0.5, 0.6) is 0 Å². The minimum atomic E-state index is 0.184. The van der Waals surface area contributed by atoms with Crippen LogP contribution in [0.4, 0.5) is 11.4 Å². The van der Waals surface area contributed by atoms with E-state index in [4.69, 9.17) is 0 Å². The van der Waals surface area contributed by atoms with E-state index in [0.717, 1.165) is 29.4 Å². The summed E-state index contributed by atoms with van der Waals surface area (Å²) in [6.45, 7) is 0. The van der Waals surface area contributed by atoms with Gasteiger partial charge in [0.1, 0.15) is 0 Å². The van der Waals surface area contributed by atoms with Crippen molar-refractivity contribution >= 4 is 11.4 Å². The van der Waals surface area contributed by atoms with Gasteiger partial charge in [-0.25, -0.2) is 0 Å². The van der Waals surface area contributed by atoms with Crippen LogP contribution in [0.15, 0.2) is 66.7 Å². The molecule has 0 aliphatic heterocycles. The Morgan fingerprint density at radius 2 is 1.59 bits per heavy atom. The Kier molecular flexibility index (Phi) is 3.89. The monoisotopic (exact) mass is 416 g/mol. The first-order valence-electron chi connectivity index (χ1n) is 12.3. The van der Waals surface area contributed by atoms with Crippen molar-refractivity contribution in [3.8, 4) is 17.2 Å². The molecule has 158 valence electrons. The first-order valence-corrected chi connectivity index (χ1v) is 12.3. The van der Waals surface area contributed by atoms with Crippen molar-refractivity contribution in [3.63, 3.8) is 0 Å². The molecule has 8 rings (SSSR count). The Morgan fingerprint density at radius 3 is 2.53 bits per heavy atom. The maximum Gasteiger partial charge on any atom is 0.0992 e. The smallest absolute Gasteiger partial charge is 0.0992 e. The van der Waals surface area contributed by atoms with E-state index in [2.05, 4.69) is 59.9 Å². The Bertz CT molecular complexity index is 1260. The van der Waals surface area contributed by atoms with Gasteiger partial charge in [-0.15, -0.1) is 0 Å². The average molecular weight is 417 g/mol. The van der Waals surface area contributed by atoms with E-state index in [1.54, 1.807) is 11.1 Å². The first-order chi connectivity index (χ1) is 15.8. The second-order valence-corrected chi connectivity index (χ2v) is 10.6. The lowest BCUT2D eigenvalue weighted by molar-refractivity contribution is 0.0618. The van der Waals surface area contributed by atoms with Gasteiger partial charge in [-0.1, -0.05) is 48.9 Å². The second-order valence-electron chi connectivity index (χ2n) is 10.6. The van der Waals surface area contributed by atoms with E-state index in [-0.39, 0.29) is 5.41 Å². The van der Waals surface area contributed by atoms with Gasteiger partial charge in [0.2, 0.25) is 0 Å². The van der Waals surface area contributed by atoms with Crippen LogP contribution in [0.25, 0.3) is 11.1 Å². The highest BCUT2D eigenvalue weighted by Gasteiger charge is 2.59. The third-order valence-corrected chi connectivity index (χ3v) is 9.15. The molecule has 1 spiro atoms. The zero-order chi connectivity index (χ0) is 21.3. The Labute approximate surface area is 190 Å². The van der Waals surface area contributed by atoms with Crippen LogP contribution in [-0.4, -0.2) is 0 Å². The fourth-order valence-electron chi connectivity index (χ4n) is 8.27. The minimum absolute atomic E-state index is 0.184. The summed E-state index contributed by atoms with van der Waals surface area (Å²) in [5.74, 6) is 3.42. The first kappa shape index (κ1) is 18.5. The molecule has 5 atom stereocenters. The highest BCUT2D eigenvalue weighted by molar-refractivity contribution is 5.91. The fraction of sp³-hybridized carbons (Fsp3) is 0.367. The molecule has 0 amide bonds. The van der Waals surface area contributed by atoms with Crippen molar-refractivity contribution in [3.05, 3.63) is 83.4 Å². The number of anilines is 2.